The molecule has 0 amide bonds. The molecule has 114 valence electrons. The Hall–Kier alpha value is -1.68. The van der Waals surface area contributed by atoms with Crippen LogP contribution in [0.3, 0.4) is 0 Å². The normalized spacial score (nSPS) is 10.6. The van der Waals surface area contributed by atoms with E-state index in [2.05, 4.69) is 12.0 Å². The molecular weight excluding hydrogens is 288 g/mol. The van der Waals surface area contributed by atoms with E-state index in [0.29, 0.717) is 19.1 Å². The summed E-state index contributed by atoms with van der Waals surface area (Å²) in [5, 5.41) is 4.14. The first-order chi connectivity index (χ1) is 10.2. The third kappa shape index (κ3) is 4.67. The lowest BCUT2D eigenvalue weighted by atomic mass is 10.2. The van der Waals surface area contributed by atoms with Crippen molar-refractivity contribution < 1.29 is 9.47 Å². The third-order valence-electron chi connectivity index (χ3n) is 3.06. The molecule has 2 aromatic rings. The quantitative estimate of drug-likeness (QED) is 0.700. The molecule has 21 heavy (non-hydrogen) atoms. The highest BCUT2D eigenvalue weighted by Gasteiger charge is 2.06. The molecule has 0 aliphatic rings. The van der Waals surface area contributed by atoms with Crippen LogP contribution in [-0.4, -0.2) is 23.0 Å². The van der Waals surface area contributed by atoms with Crippen molar-refractivity contribution in [3.05, 3.63) is 41.7 Å². The summed E-state index contributed by atoms with van der Waals surface area (Å²) in [7, 11) is 1.91. The van der Waals surface area contributed by atoms with E-state index < -0.39 is 0 Å². The van der Waals surface area contributed by atoms with Gasteiger partial charge in [0.2, 0.25) is 0 Å². The zero-order valence-corrected chi connectivity index (χ0v) is 13.3. The van der Waals surface area contributed by atoms with Crippen molar-refractivity contribution in [1.29, 1.82) is 0 Å². The van der Waals surface area contributed by atoms with Crippen molar-refractivity contribution in [2.24, 2.45) is 7.05 Å². The molecule has 1 heterocycles. The second kappa shape index (κ2) is 7.93. The van der Waals surface area contributed by atoms with Crippen molar-refractivity contribution in [2.45, 2.75) is 25.6 Å². The number of hydrogen-bond donors (Lipinski definition) is 0. The Morgan fingerprint density at radius 3 is 2.76 bits per heavy atom. The minimum Gasteiger partial charge on any atom is -0.493 e. The van der Waals surface area contributed by atoms with Gasteiger partial charge in [-0.3, -0.25) is 4.68 Å². The van der Waals surface area contributed by atoms with Gasteiger partial charge in [0.15, 0.2) is 0 Å². The Morgan fingerprint density at radius 1 is 1.24 bits per heavy atom. The number of hydrogen-bond acceptors (Lipinski definition) is 3. The summed E-state index contributed by atoms with van der Waals surface area (Å²) in [6, 6.07) is 5.80. The molecule has 0 unspecified atom stereocenters. The van der Waals surface area contributed by atoms with E-state index >= 15 is 0 Å². The lowest BCUT2D eigenvalue weighted by Crippen LogP contribution is -2.03. The van der Waals surface area contributed by atoms with Crippen LogP contribution in [0.4, 0.5) is 0 Å². The summed E-state index contributed by atoms with van der Waals surface area (Å²) in [5.41, 5.74) is 2.13. The molecule has 5 heteroatoms. The van der Waals surface area contributed by atoms with Gasteiger partial charge >= 0.3 is 0 Å². The van der Waals surface area contributed by atoms with Crippen molar-refractivity contribution in [2.75, 3.05) is 13.2 Å². The maximum Gasteiger partial charge on any atom is 0.127 e. The van der Waals surface area contributed by atoms with Gasteiger partial charge < -0.3 is 9.47 Å². The highest BCUT2D eigenvalue weighted by atomic mass is 35.5. The SMILES string of the molecule is CCCOc1ccc(CCl)c(OCCc2cnn(C)c2)c1. The Balaban J connectivity index is 1.96. The van der Waals surface area contributed by atoms with Gasteiger partial charge in [0.1, 0.15) is 11.5 Å². The van der Waals surface area contributed by atoms with Crippen molar-refractivity contribution in [3.8, 4) is 11.5 Å². The summed E-state index contributed by atoms with van der Waals surface area (Å²) < 4.78 is 13.3. The maximum atomic E-state index is 5.95. The second-order valence-corrected chi connectivity index (χ2v) is 5.14. The van der Waals surface area contributed by atoms with E-state index in [1.165, 1.54) is 0 Å². The number of aromatic nitrogens is 2. The van der Waals surface area contributed by atoms with Gasteiger partial charge in [0.05, 0.1) is 25.3 Å². The highest BCUT2D eigenvalue weighted by Crippen LogP contribution is 2.26. The molecule has 0 bridgehead atoms. The number of ether oxygens (including phenoxy) is 2. The van der Waals surface area contributed by atoms with Crippen LogP contribution in [0.25, 0.3) is 0 Å². The van der Waals surface area contributed by atoms with Gasteiger partial charge in [-0.1, -0.05) is 13.0 Å². The van der Waals surface area contributed by atoms with Crippen molar-refractivity contribution >= 4 is 11.6 Å². The fraction of sp³-hybridized carbons (Fsp3) is 0.438. The minimum absolute atomic E-state index is 0.427. The number of benzene rings is 1. The first-order valence-electron chi connectivity index (χ1n) is 7.15. The summed E-state index contributed by atoms with van der Waals surface area (Å²) in [5.74, 6) is 2.04. The Kier molecular flexibility index (Phi) is 5.93. The van der Waals surface area contributed by atoms with Crippen LogP contribution in [-0.2, 0) is 19.3 Å². The molecule has 4 nitrogen and oxygen atoms in total. The van der Waals surface area contributed by atoms with Crippen molar-refractivity contribution in [1.82, 2.24) is 9.78 Å². The fourth-order valence-corrected chi connectivity index (χ4v) is 2.19. The fourth-order valence-electron chi connectivity index (χ4n) is 1.97. The average molecular weight is 309 g/mol. The minimum atomic E-state index is 0.427. The molecule has 0 radical (unpaired) electrons. The molecule has 1 aromatic carbocycles. The molecule has 0 aliphatic heterocycles. The molecule has 0 fully saturated rings. The van der Waals surface area contributed by atoms with Crippen molar-refractivity contribution in [3.63, 3.8) is 0 Å². The topological polar surface area (TPSA) is 36.3 Å². The number of nitrogens with zero attached hydrogens (tertiary/aromatic N) is 2. The maximum absolute atomic E-state index is 5.95. The van der Waals surface area contributed by atoms with Gasteiger partial charge in [-0.2, -0.15) is 5.10 Å². The van der Waals surface area contributed by atoms with Gasteiger partial charge in [-0.15, -0.1) is 11.6 Å². The number of alkyl halides is 1. The molecule has 0 saturated heterocycles. The molecule has 0 spiro atoms. The summed E-state index contributed by atoms with van der Waals surface area (Å²) in [6.07, 6.45) is 5.64. The van der Waals surface area contributed by atoms with Crippen LogP contribution in [0.1, 0.15) is 24.5 Å². The van der Waals surface area contributed by atoms with E-state index in [4.69, 9.17) is 21.1 Å². The smallest absolute Gasteiger partial charge is 0.127 e. The summed E-state index contributed by atoms with van der Waals surface area (Å²) in [4.78, 5) is 0. The van der Waals surface area contributed by atoms with E-state index in [0.717, 1.165) is 35.5 Å². The molecular formula is C16H21ClN2O2. The molecule has 0 aliphatic carbocycles. The predicted octanol–water partition coefficient (Wildman–Crippen LogP) is 3.57. The monoisotopic (exact) mass is 308 g/mol. The van der Waals surface area contributed by atoms with E-state index in [9.17, 15) is 0 Å². The average Bonchev–Trinajstić information content (AvgIpc) is 2.91. The molecule has 2 rings (SSSR count). The summed E-state index contributed by atoms with van der Waals surface area (Å²) in [6.45, 7) is 3.38. The third-order valence-corrected chi connectivity index (χ3v) is 3.35. The molecule has 1 aromatic heterocycles. The zero-order chi connectivity index (χ0) is 15.1. The largest absolute Gasteiger partial charge is 0.493 e. The van der Waals surface area contributed by atoms with Crippen LogP contribution < -0.4 is 9.47 Å². The number of aryl methyl sites for hydroxylation is 1. The van der Waals surface area contributed by atoms with Crippen LogP contribution in [0.15, 0.2) is 30.6 Å². The lowest BCUT2D eigenvalue weighted by molar-refractivity contribution is 0.302. The standard InChI is InChI=1S/C16H21ClN2O2/c1-3-7-20-15-5-4-14(10-17)16(9-15)21-8-6-13-11-18-19(2)12-13/h4-5,9,11-12H,3,6-8,10H2,1-2H3. The lowest BCUT2D eigenvalue weighted by Gasteiger charge is -2.12. The summed E-state index contributed by atoms with van der Waals surface area (Å²) >= 11 is 5.95. The first kappa shape index (κ1) is 15.7. The molecule has 0 N–H and O–H groups in total. The van der Waals surface area contributed by atoms with Gasteiger partial charge in [-0.25, -0.2) is 0 Å². The number of rotatable bonds is 8. The van der Waals surface area contributed by atoms with E-state index in [-0.39, 0.29) is 0 Å². The second-order valence-electron chi connectivity index (χ2n) is 4.87. The van der Waals surface area contributed by atoms with Crippen LogP contribution >= 0.6 is 11.6 Å². The Labute approximate surface area is 130 Å². The zero-order valence-electron chi connectivity index (χ0n) is 12.5. The van der Waals surface area contributed by atoms with Crippen LogP contribution in [0, 0.1) is 0 Å². The number of halogens is 1. The van der Waals surface area contributed by atoms with E-state index in [1.807, 2.05) is 37.6 Å². The van der Waals surface area contributed by atoms with Gasteiger partial charge in [0.25, 0.3) is 0 Å². The predicted molar refractivity (Wildman–Crippen MR) is 84.2 cm³/mol. The Bertz CT molecular complexity index is 569. The first-order valence-corrected chi connectivity index (χ1v) is 7.68. The van der Waals surface area contributed by atoms with Crippen LogP contribution in [0.2, 0.25) is 0 Å². The van der Waals surface area contributed by atoms with Gasteiger partial charge in [0, 0.05) is 31.3 Å². The van der Waals surface area contributed by atoms with Crippen LogP contribution in [0.5, 0.6) is 11.5 Å². The highest BCUT2D eigenvalue weighted by molar-refractivity contribution is 6.17. The van der Waals surface area contributed by atoms with Gasteiger partial charge in [-0.05, 0) is 18.1 Å². The molecule has 0 saturated carbocycles. The molecule has 0 atom stereocenters. The Morgan fingerprint density at radius 2 is 2.10 bits per heavy atom. The van der Waals surface area contributed by atoms with E-state index in [1.54, 1.807) is 4.68 Å².